The van der Waals surface area contributed by atoms with Crippen LogP contribution in [0.1, 0.15) is 30.5 Å². The number of aromatic nitrogens is 3. The zero-order chi connectivity index (χ0) is 27.0. The number of nitrogens with two attached hydrogens (primary N) is 1. The average Bonchev–Trinajstić information content (AvgIpc) is 3.47. The van der Waals surface area contributed by atoms with Crippen molar-refractivity contribution in [3.8, 4) is 6.07 Å². The molecule has 1 aromatic carbocycles. The van der Waals surface area contributed by atoms with Crippen molar-refractivity contribution in [3.63, 3.8) is 0 Å². The van der Waals surface area contributed by atoms with Crippen LogP contribution < -0.4 is 5.73 Å². The molecule has 5 rings (SSSR count). The summed E-state index contributed by atoms with van der Waals surface area (Å²) in [6.07, 6.45) is 0.824. The van der Waals surface area contributed by atoms with Crippen LogP contribution in [-0.2, 0) is 30.0 Å². The summed E-state index contributed by atoms with van der Waals surface area (Å²) in [6, 6.07) is 14.8. The van der Waals surface area contributed by atoms with Crippen LogP contribution in [0.15, 0.2) is 61.4 Å². The monoisotopic (exact) mass is 519 g/mol. The minimum atomic E-state index is -2.25. The maximum Gasteiger partial charge on any atom is 0.306 e. The summed E-state index contributed by atoms with van der Waals surface area (Å²) in [5.41, 5.74) is 2.65. The summed E-state index contributed by atoms with van der Waals surface area (Å²) in [5, 5.41) is 37.0. The second-order valence-electron chi connectivity index (χ2n) is 9.70. The zero-order valence-electron chi connectivity index (χ0n) is 20.7. The van der Waals surface area contributed by atoms with E-state index in [-0.39, 0.29) is 24.5 Å². The lowest BCUT2D eigenvalue weighted by atomic mass is 9.72. The first-order valence-corrected chi connectivity index (χ1v) is 12.3. The molecule has 11 heteroatoms. The predicted molar refractivity (Wildman–Crippen MR) is 134 cm³/mol. The Kier molecular flexibility index (Phi) is 6.66. The summed E-state index contributed by atoms with van der Waals surface area (Å²) in [5.74, 6) is -0.331. The maximum absolute atomic E-state index is 13.1. The van der Waals surface area contributed by atoms with E-state index in [2.05, 4.69) is 16.7 Å². The molecular weight excluding hydrogens is 490 g/mol. The van der Waals surface area contributed by atoms with Crippen LogP contribution in [0, 0.1) is 11.3 Å². The lowest BCUT2D eigenvalue weighted by Gasteiger charge is -2.37. The number of hydrogen-bond acceptors (Lipinski definition) is 10. The van der Waals surface area contributed by atoms with E-state index in [0.717, 1.165) is 11.6 Å². The molecule has 2 fully saturated rings. The second-order valence-corrected chi connectivity index (χ2v) is 9.70. The number of aliphatic hydroxyl groups is 2. The first kappa shape index (κ1) is 25.8. The molecule has 2 aromatic heterocycles. The van der Waals surface area contributed by atoms with E-state index in [1.807, 2.05) is 36.4 Å². The molecule has 4 heterocycles. The molecule has 0 amide bonds. The molecule has 2 aliphatic rings. The van der Waals surface area contributed by atoms with Crippen molar-refractivity contribution < 1.29 is 29.2 Å². The smallest absolute Gasteiger partial charge is 0.306 e. The SMILES string of the molecule is C=CC1(O)[C@H](O)[C@@H](COC(=O)CC2(c3ccccc3)CCOCC2)O[C@@]1(C#N)c1ccc2c(N)ncnn12. The van der Waals surface area contributed by atoms with Gasteiger partial charge in [0.25, 0.3) is 0 Å². The van der Waals surface area contributed by atoms with Crippen molar-refractivity contribution in [2.24, 2.45) is 0 Å². The van der Waals surface area contributed by atoms with Crippen molar-refractivity contribution in [3.05, 3.63) is 72.7 Å². The Labute approximate surface area is 219 Å². The van der Waals surface area contributed by atoms with Gasteiger partial charge in [-0.2, -0.15) is 10.4 Å². The fraction of sp³-hybridized carbons (Fsp3) is 0.407. The first-order chi connectivity index (χ1) is 18.3. The minimum absolute atomic E-state index is 0.109. The Bertz CT molecular complexity index is 1380. The van der Waals surface area contributed by atoms with Crippen molar-refractivity contribution in [2.45, 2.75) is 48.1 Å². The molecule has 2 saturated heterocycles. The number of nitrogens with zero attached hydrogens (tertiary/aromatic N) is 4. The van der Waals surface area contributed by atoms with Crippen LogP contribution in [0.4, 0.5) is 5.82 Å². The van der Waals surface area contributed by atoms with Crippen LogP contribution in [0.3, 0.4) is 0 Å². The molecule has 0 saturated carbocycles. The highest BCUT2D eigenvalue weighted by atomic mass is 16.6. The highest BCUT2D eigenvalue weighted by molar-refractivity contribution is 5.71. The molecule has 1 unspecified atom stereocenters. The second kappa shape index (κ2) is 9.81. The Hall–Kier alpha value is -3.82. The molecule has 4 N–H and O–H groups in total. The zero-order valence-corrected chi connectivity index (χ0v) is 20.7. The van der Waals surface area contributed by atoms with E-state index < -0.39 is 34.8 Å². The van der Waals surface area contributed by atoms with Gasteiger partial charge in [0.1, 0.15) is 36.7 Å². The van der Waals surface area contributed by atoms with E-state index in [1.54, 1.807) is 6.07 Å². The lowest BCUT2D eigenvalue weighted by Crippen LogP contribution is -2.53. The minimum Gasteiger partial charge on any atom is -0.463 e. The first-order valence-electron chi connectivity index (χ1n) is 12.3. The van der Waals surface area contributed by atoms with Crippen molar-refractivity contribution >= 4 is 17.3 Å². The van der Waals surface area contributed by atoms with Gasteiger partial charge < -0.3 is 30.2 Å². The van der Waals surface area contributed by atoms with Crippen molar-refractivity contribution in [1.29, 1.82) is 5.26 Å². The van der Waals surface area contributed by atoms with Gasteiger partial charge in [0.15, 0.2) is 11.4 Å². The summed E-state index contributed by atoms with van der Waals surface area (Å²) in [6.45, 7) is 4.31. The summed E-state index contributed by atoms with van der Waals surface area (Å²) in [7, 11) is 0. The van der Waals surface area contributed by atoms with Crippen LogP contribution >= 0.6 is 0 Å². The topological polar surface area (TPSA) is 165 Å². The summed E-state index contributed by atoms with van der Waals surface area (Å²) >= 11 is 0. The van der Waals surface area contributed by atoms with Gasteiger partial charge in [-0.3, -0.25) is 4.79 Å². The predicted octanol–water partition coefficient (Wildman–Crippen LogP) is 1.39. The van der Waals surface area contributed by atoms with Gasteiger partial charge in [-0.1, -0.05) is 43.0 Å². The van der Waals surface area contributed by atoms with Gasteiger partial charge in [0.2, 0.25) is 5.60 Å². The summed E-state index contributed by atoms with van der Waals surface area (Å²) < 4.78 is 18.4. The molecule has 0 spiro atoms. The normalized spacial score (nSPS) is 28.6. The van der Waals surface area contributed by atoms with Crippen LogP contribution in [-0.4, -0.2) is 68.4 Å². The number of benzene rings is 1. The van der Waals surface area contributed by atoms with E-state index in [4.69, 9.17) is 19.9 Å². The Balaban J connectivity index is 1.38. The quantitative estimate of drug-likeness (QED) is 0.307. The van der Waals surface area contributed by atoms with Gasteiger partial charge in [0.05, 0.1) is 12.1 Å². The average molecular weight is 520 g/mol. The largest absolute Gasteiger partial charge is 0.463 e. The third-order valence-corrected chi connectivity index (χ3v) is 7.73. The number of esters is 1. The molecule has 3 aromatic rings. The Morgan fingerprint density at radius 2 is 2.03 bits per heavy atom. The molecule has 4 atom stereocenters. The van der Waals surface area contributed by atoms with E-state index in [9.17, 15) is 20.3 Å². The van der Waals surface area contributed by atoms with E-state index >= 15 is 0 Å². The van der Waals surface area contributed by atoms with Crippen molar-refractivity contribution in [1.82, 2.24) is 14.6 Å². The molecule has 0 radical (unpaired) electrons. The molecule has 0 bridgehead atoms. The number of carbonyl (C=O) groups is 1. The number of nitriles is 1. The van der Waals surface area contributed by atoms with E-state index in [0.29, 0.717) is 31.6 Å². The van der Waals surface area contributed by atoms with Crippen LogP contribution in [0.25, 0.3) is 5.52 Å². The Morgan fingerprint density at radius 3 is 2.71 bits per heavy atom. The Morgan fingerprint density at radius 1 is 1.29 bits per heavy atom. The van der Waals surface area contributed by atoms with Gasteiger partial charge >= 0.3 is 5.97 Å². The van der Waals surface area contributed by atoms with Crippen LogP contribution in [0.2, 0.25) is 0 Å². The number of hydrogen-bond donors (Lipinski definition) is 3. The number of rotatable bonds is 7. The highest BCUT2D eigenvalue weighted by Crippen LogP contribution is 2.48. The fourth-order valence-corrected chi connectivity index (χ4v) is 5.55. The molecule has 38 heavy (non-hydrogen) atoms. The number of nitrogen functional groups attached to an aromatic ring is 1. The summed E-state index contributed by atoms with van der Waals surface area (Å²) in [4.78, 5) is 17.0. The van der Waals surface area contributed by atoms with Crippen LogP contribution in [0.5, 0.6) is 0 Å². The number of fused-ring (bicyclic) bond motifs is 1. The molecule has 2 aliphatic heterocycles. The molecule has 11 nitrogen and oxygen atoms in total. The maximum atomic E-state index is 13.1. The van der Waals surface area contributed by atoms with Gasteiger partial charge in [-0.15, -0.1) is 0 Å². The van der Waals surface area contributed by atoms with Gasteiger partial charge in [0, 0.05) is 18.6 Å². The number of anilines is 1. The molecular formula is C27H29N5O6. The lowest BCUT2D eigenvalue weighted by molar-refractivity contribution is -0.153. The number of aliphatic hydroxyl groups excluding tert-OH is 1. The highest BCUT2D eigenvalue weighted by Gasteiger charge is 2.66. The van der Waals surface area contributed by atoms with E-state index in [1.165, 1.54) is 16.9 Å². The number of carbonyl (C=O) groups excluding carboxylic acids is 1. The third-order valence-electron chi connectivity index (χ3n) is 7.73. The number of ether oxygens (including phenoxy) is 3. The standard InChI is InChI=1S/C27H29N5O6/c1-2-26(35)23(34)20(38-27(26,16-28)21-9-8-19-24(29)30-17-31-32(19)21)15-37-22(33)14-25(10-12-36-13-11-25)18-6-4-3-5-7-18/h2-9,17,20,23,34-35H,1,10-15H2,(H2,29,30,31)/t20-,23-,26?,27+/m1/s1. The third kappa shape index (κ3) is 3.93. The fourth-order valence-electron chi connectivity index (χ4n) is 5.55. The van der Waals surface area contributed by atoms with Crippen molar-refractivity contribution in [2.75, 3.05) is 25.6 Å². The molecule has 0 aliphatic carbocycles. The van der Waals surface area contributed by atoms with Gasteiger partial charge in [-0.05, 0) is 30.5 Å². The molecule has 198 valence electrons. The van der Waals surface area contributed by atoms with Gasteiger partial charge in [-0.25, -0.2) is 9.50 Å².